The van der Waals surface area contributed by atoms with E-state index in [1.807, 2.05) is 0 Å². The number of guanidine groups is 1. The van der Waals surface area contributed by atoms with Gasteiger partial charge in [-0.1, -0.05) is 12.1 Å². The molecule has 206 valence electrons. The number of carbonyl (C=O) groups excluding carboxylic acids is 2. The topological polar surface area (TPSA) is 170 Å². The van der Waals surface area contributed by atoms with E-state index >= 15 is 0 Å². The van der Waals surface area contributed by atoms with Crippen LogP contribution < -0.4 is 26.0 Å². The number of alkyl halides is 3. The number of hydrogen-bond acceptors (Lipinski definition) is 8. The van der Waals surface area contributed by atoms with E-state index in [1.165, 1.54) is 36.4 Å². The van der Waals surface area contributed by atoms with Crippen LogP contribution in [0.4, 0.5) is 18.9 Å². The molecule has 6 N–H and O–H groups in total. The number of benzene rings is 2. The van der Waals surface area contributed by atoms with Crippen LogP contribution in [0.15, 0.2) is 47.6 Å². The van der Waals surface area contributed by atoms with Crippen molar-refractivity contribution in [2.45, 2.75) is 25.2 Å². The summed E-state index contributed by atoms with van der Waals surface area (Å²) in [4.78, 5) is 40.8. The molecule has 2 heterocycles. The Morgan fingerprint density at radius 2 is 1.95 bits per heavy atom. The smallest absolute Gasteiger partial charge is 0.387 e. The maximum absolute atomic E-state index is 13.4. The summed E-state index contributed by atoms with van der Waals surface area (Å²) in [6.07, 6.45) is -0.0359. The number of H-pyrrole nitrogens is 1. The average molecular weight is 547 g/mol. The quantitative estimate of drug-likeness (QED) is 0.224. The number of nitrogens with zero attached hydrogens (tertiary/aromatic N) is 2. The second-order valence-electron chi connectivity index (χ2n) is 8.50. The van der Waals surface area contributed by atoms with Crippen LogP contribution in [0.3, 0.4) is 0 Å². The highest BCUT2D eigenvalue weighted by Gasteiger charge is 2.20. The number of hydrogen-bond donors (Lipinski definition) is 6. The van der Waals surface area contributed by atoms with Crippen molar-refractivity contribution >= 4 is 40.3 Å². The number of aliphatic carboxylic acids is 1. The molecule has 3 aromatic rings. The van der Waals surface area contributed by atoms with Gasteiger partial charge in [0.15, 0.2) is 5.96 Å². The summed E-state index contributed by atoms with van der Waals surface area (Å²) >= 11 is 0. The normalized spacial score (nSPS) is 15.7. The Morgan fingerprint density at radius 1 is 1.18 bits per heavy atom. The van der Waals surface area contributed by atoms with Gasteiger partial charge < -0.3 is 31.1 Å². The van der Waals surface area contributed by atoms with Gasteiger partial charge in [-0.3, -0.25) is 19.5 Å². The number of carboxylic acids is 1. The van der Waals surface area contributed by atoms with Gasteiger partial charge in [-0.05, 0) is 29.8 Å². The molecule has 1 aliphatic rings. The van der Waals surface area contributed by atoms with Crippen molar-refractivity contribution in [1.29, 1.82) is 0 Å². The van der Waals surface area contributed by atoms with Crippen LogP contribution >= 0.6 is 0 Å². The van der Waals surface area contributed by atoms with Crippen LogP contribution in [0.1, 0.15) is 28.4 Å². The molecule has 1 aliphatic heterocycles. The van der Waals surface area contributed by atoms with E-state index in [9.17, 15) is 32.7 Å². The maximum atomic E-state index is 13.4. The average Bonchev–Trinajstić information content (AvgIpc) is 3.37. The first kappa shape index (κ1) is 27.2. The highest BCUT2D eigenvalue weighted by atomic mass is 19.3. The van der Waals surface area contributed by atoms with E-state index < -0.39 is 49.6 Å². The molecule has 0 saturated heterocycles. The minimum Gasteiger partial charge on any atom is -0.481 e. The minimum atomic E-state index is -3.02. The largest absolute Gasteiger partial charge is 0.481 e. The SMILES string of the molecule is O=C(O)CC(NC(=O)CNC(=O)c1cc(NC2=NCC(F)CN2)c2cn[nH]c2c1)c1ccc(OC(F)F)cc1. The second kappa shape index (κ2) is 12.1. The van der Waals surface area contributed by atoms with Gasteiger partial charge in [-0.15, -0.1) is 0 Å². The van der Waals surface area contributed by atoms with Crippen molar-refractivity contribution in [2.24, 2.45) is 4.99 Å². The molecule has 2 aromatic carbocycles. The molecule has 15 heteroatoms. The molecular formula is C24H24F3N7O5. The fourth-order valence-corrected chi connectivity index (χ4v) is 3.83. The number of aliphatic imine (C=N–C) groups is 1. The summed E-state index contributed by atoms with van der Waals surface area (Å²) in [6, 6.07) is 7.24. The van der Waals surface area contributed by atoms with Crippen LogP contribution in [-0.4, -0.2) is 71.5 Å². The highest BCUT2D eigenvalue weighted by molar-refractivity contribution is 6.07. The molecule has 2 unspecified atom stereocenters. The monoisotopic (exact) mass is 547 g/mol. The number of amides is 2. The molecule has 0 saturated carbocycles. The molecular weight excluding hydrogens is 523 g/mol. The molecule has 0 aliphatic carbocycles. The molecule has 2 atom stereocenters. The number of ether oxygens (including phenoxy) is 1. The van der Waals surface area contributed by atoms with E-state index in [2.05, 4.69) is 41.2 Å². The summed E-state index contributed by atoms with van der Waals surface area (Å²) in [5.74, 6) is -2.27. The summed E-state index contributed by atoms with van der Waals surface area (Å²) in [7, 11) is 0. The Labute approximate surface area is 219 Å². The molecule has 4 rings (SSSR count). The third-order valence-electron chi connectivity index (χ3n) is 5.64. The summed E-state index contributed by atoms with van der Waals surface area (Å²) in [5, 5.41) is 27.4. The molecule has 0 radical (unpaired) electrons. The van der Waals surface area contributed by atoms with Crippen molar-refractivity contribution in [3.63, 3.8) is 0 Å². The maximum Gasteiger partial charge on any atom is 0.387 e. The van der Waals surface area contributed by atoms with Gasteiger partial charge in [0, 0.05) is 10.9 Å². The second-order valence-corrected chi connectivity index (χ2v) is 8.50. The Kier molecular flexibility index (Phi) is 8.48. The van der Waals surface area contributed by atoms with Crippen LogP contribution in [-0.2, 0) is 9.59 Å². The Morgan fingerprint density at radius 3 is 2.62 bits per heavy atom. The number of carbonyl (C=O) groups is 3. The lowest BCUT2D eigenvalue weighted by molar-refractivity contribution is -0.137. The van der Waals surface area contributed by atoms with E-state index in [4.69, 9.17) is 0 Å². The van der Waals surface area contributed by atoms with E-state index in [1.54, 1.807) is 6.20 Å². The van der Waals surface area contributed by atoms with Gasteiger partial charge in [0.25, 0.3) is 5.91 Å². The van der Waals surface area contributed by atoms with Crippen molar-refractivity contribution < 1.29 is 37.4 Å². The Bertz CT molecular complexity index is 1380. The lowest BCUT2D eigenvalue weighted by Crippen LogP contribution is -2.41. The standard InChI is InChI=1S/C24H24F3N7O5/c25-14-8-29-24(30-9-14)33-18-5-13(6-19-16(18)10-31-34-19)22(38)28-11-20(35)32-17(7-21(36)37)12-1-3-15(4-2-12)39-23(26)27/h1-6,10,14,17,23H,7-9,11H2,(H,28,38)(H,31,34)(H,32,35)(H,36,37)(H2,29,30,33). The predicted molar refractivity (Wildman–Crippen MR) is 133 cm³/mol. The zero-order valence-electron chi connectivity index (χ0n) is 20.2. The van der Waals surface area contributed by atoms with E-state index in [-0.39, 0.29) is 24.4 Å². The number of aromatic amines is 1. The highest BCUT2D eigenvalue weighted by Crippen LogP contribution is 2.25. The van der Waals surface area contributed by atoms with Gasteiger partial charge in [-0.2, -0.15) is 13.9 Å². The Hall–Kier alpha value is -4.82. The summed E-state index contributed by atoms with van der Waals surface area (Å²) in [6.45, 7) is -3.41. The Balaban J connectivity index is 1.41. The molecule has 0 spiro atoms. The molecule has 12 nitrogen and oxygen atoms in total. The number of rotatable bonds is 10. The number of nitrogens with one attached hydrogen (secondary N) is 5. The van der Waals surface area contributed by atoms with Gasteiger partial charge >= 0.3 is 12.6 Å². The zero-order valence-corrected chi connectivity index (χ0v) is 20.2. The van der Waals surface area contributed by atoms with Gasteiger partial charge in [0.05, 0.1) is 49.5 Å². The predicted octanol–water partition coefficient (Wildman–Crippen LogP) is 1.94. The lowest BCUT2D eigenvalue weighted by atomic mass is 10.0. The molecule has 0 bridgehead atoms. The van der Waals surface area contributed by atoms with Crippen LogP contribution in [0.5, 0.6) is 5.75 Å². The molecule has 2 amide bonds. The summed E-state index contributed by atoms with van der Waals surface area (Å²) in [5.41, 5.74) is 1.52. The zero-order chi connectivity index (χ0) is 27.9. The number of carboxylic acid groups (broad SMARTS) is 1. The summed E-state index contributed by atoms with van der Waals surface area (Å²) < 4.78 is 42.4. The van der Waals surface area contributed by atoms with Crippen LogP contribution in [0.25, 0.3) is 10.9 Å². The molecule has 1 aromatic heterocycles. The van der Waals surface area contributed by atoms with Crippen LogP contribution in [0, 0.1) is 0 Å². The number of halogens is 3. The third kappa shape index (κ3) is 7.37. The number of aromatic nitrogens is 2. The lowest BCUT2D eigenvalue weighted by Gasteiger charge is -2.19. The fourth-order valence-electron chi connectivity index (χ4n) is 3.83. The first-order valence-electron chi connectivity index (χ1n) is 11.7. The van der Waals surface area contributed by atoms with Gasteiger partial charge in [0.2, 0.25) is 5.91 Å². The first-order chi connectivity index (χ1) is 18.7. The van der Waals surface area contributed by atoms with E-state index in [0.29, 0.717) is 28.1 Å². The molecule has 39 heavy (non-hydrogen) atoms. The molecule has 0 fully saturated rings. The minimum absolute atomic E-state index is 0.00431. The van der Waals surface area contributed by atoms with Crippen molar-refractivity contribution in [2.75, 3.05) is 25.0 Å². The van der Waals surface area contributed by atoms with Crippen LogP contribution in [0.2, 0.25) is 0 Å². The van der Waals surface area contributed by atoms with Crippen molar-refractivity contribution in [3.8, 4) is 5.75 Å². The van der Waals surface area contributed by atoms with Crippen molar-refractivity contribution in [1.82, 2.24) is 26.1 Å². The fraction of sp³-hybridized carbons (Fsp3) is 0.292. The third-order valence-corrected chi connectivity index (χ3v) is 5.64. The van der Waals surface area contributed by atoms with Gasteiger partial charge in [-0.25, -0.2) is 9.38 Å². The van der Waals surface area contributed by atoms with Crippen molar-refractivity contribution in [3.05, 3.63) is 53.7 Å². The number of anilines is 1. The first-order valence-corrected chi connectivity index (χ1v) is 11.7. The number of fused-ring (bicyclic) bond motifs is 1. The van der Waals surface area contributed by atoms with E-state index in [0.717, 1.165) is 0 Å². The van der Waals surface area contributed by atoms with Gasteiger partial charge in [0.1, 0.15) is 11.9 Å².